The topological polar surface area (TPSA) is 127 Å². The number of fused-ring (bicyclic) bond motifs is 1. The third-order valence-corrected chi connectivity index (χ3v) is 2.19. The van der Waals surface area contributed by atoms with Gasteiger partial charge in [0.15, 0.2) is 5.69 Å². The highest BCUT2D eigenvalue weighted by atomic mass is 16.3. The zero-order valence-corrected chi connectivity index (χ0v) is 8.06. The van der Waals surface area contributed by atoms with Crippen molar-refractivity contribution >= 4 is 11.9 Å². The second kappa shape index (κ2) is 3.33. The van der Waals surface area contributed by atoms with Crippen molar-refractivity contribution < 1.29 is 14.7 Å². The molecule has 0 saturated carbocycles. The molecule has 1 aliphatic heterocycles. The van der Waals surface area contributed by atoms with Gasteiger partial charge in [-0.05, 0) is 0 Å². The van der Waals surface area contributed by atoms with Gasteiger partial charge in [0.25, 0.3) is 5.91 Å². The molecule has 1 aromatic rings. The van der Waals surface area contributed by atoms with E-state index in [0.717, 1.165) is 0 Å². The van der Waals surface area contributed by atoms with Crippen LogP contribution in [0.25, 0.3) is 0 Å². The minimum atomic E-state index is -1.01. The van der Waals surface area contributed by atoms with Gasteiger partial charge in [-0.15, -0.1) is 0 Å². The number of aromatic hydroxyl groups is 1. The fourth-order valence-electron chi connectivity index (χ4n) is 1.47. The molecule has 4 N–H and O–H groups in total. The van der Waals surface area contributed by atoms with E-state index in [9.17, 15) is 19.5 Å². The highest BCUT2D eigenvalue weighted by Gasteiger charge is 2.25. The van der Waals surface area contributed by atoms with Crippen LogP contribution in [0.1, 0.15) is 16.3 Å². The van der Waals surface area contributed by atoms with E-state index in [-0.39, 0.29) is 5.82 Å². The highest BCUT2D eigenvalue weighted by molar-refractivity contribution is 5.93. The van der Waals surface area contributed by atoms with Crippen LogP contribution in [0.4, 0.5) is 4.79 Å². The van der Waals surface area contributed by atoms with Gasteiger partial charge in [0, 0.05) is 13.0 Å². The SMILES string of the molecule is NC(=O)c1nc2n(c(=O)c1O)C(=O)NCC2. The number of nitrogens with zero attached hydrogens (tertiary/aromatic N) is 2. The molecule has 2 heterocycles. The molecular weight excluding hydrogens is 216 g/mol. The average Bonchev–Trinajstić information content (AvgIpc) is 2.22. The number of hydrogen-bond donors (Lipinski definition) is 3. The first kappa shape index (κ1) is 10.1. The molecule has 0 bridgehead atoms. The second-order valence-corrected chi connectivity index (χ2v) is 3.21. The summed E-state index contributed by atoms with van der Waals surface area (Å²) in [7, 11) is 0. The maximum Gasteiger partial charge on any atom is 0.330 e. The third kappa shape index (κ3) is 1.31. The van der Waals surface area contributed by atoms with Crippen LogP contribution in [0.3, 0.4) is 0 Å². The molecule has 0 fully saturated rings. The molecule has 0 aliphatic carbocycles. The summed E-state index contributed by atoms with van der Waals surface area (Å²) in [5.41, 5.74) is 3.44. The van der Waals surface area contributed by atoms with E-state index in [0.29, 0.717) is 17.5 Å². The molecule has 16 heavy (non-hydrogen) atoms. The number of hydrogen-bond acceptors (Lipinski definition) is 5. The van der Waals surface area contributed by atoms with Crippen LogP contribution >= 0.6 is 0 Å². The van der Waals surface area contributed by atoms with Gasteiger partial charge in [0.1, 0.15) is 5.82 Å². The number of rotatable bonds is 1. The Kier molecular flexibility index (Phi) is 2.11. The fourth-order valence-corrected chi connectivity index (χ4v) is 1.47. The number of primary amides is 1. The van der Waals surface area contributed by atoms with E-state index in [4.69, 9.17) is 5.73 Å². The lowest BCUT2D eigenvalue weighted by atomic mass is 10.3. The van der Waals surface area contributed by atoms with Gasteiger partial charge in [-0.3, -0.25) is 9.59 Å². The lowest BCUT2D eigenvalue weighted by Crippen LogP contribution is -2.45. The number of aromatic nitrogens is 2. The van der Waals surface area contributed by atoms with Gasteiger partial charge in [-0.2, -0.15) is 0 Å². The molecule has 1 aliphatic rings. The van der Waals surface area contributed by atoms with Gasteiger partial charge >= 0.3 is 11.6 Å². The summed E-state index contributed by atoms with van der Waals surface area (Å²) in [4.78, 5) is 37.5. The molecule has 8 nitrogen and oxygen atoms in total. The molecule has 0 aromatic carbocycles. The summed E-state index contributed by atoms with van der Waals surface area (Å²) in [6.07, 6.45) is 0.293. The van der Waals surface area contributed by atoms with Crippen LogP contribution in [0.15, 0.2) is 4.79 Å². The van der Waals surface area contributed by atoms with Crippen LogP contribution in [-0.4, -0.2) is 33.1 Å². The van der Waals surface area contributed by atoms with Crippen LogP contribution in [0, 0.1) is 0 Å². The van der Waals surface area contributed by atoms with Crippen LogP contribution in [0.2, 0.25) is 0 Å². The molecule has 2 rings (SSSR count). The summed E-state index contributed by atoms with van der Waals surface area (Å²) in [5.74, 6) is -1.81. The summed E-state index contributed by atoms with van der Waals surface area (Å²) in [6.45, 7) is 0.314. The van der Waals surface area contributed by atoms with Crippen molar-refractivity contribution in [3.8, 4) is 5.75 Å². The molecule has 0 radical (unpaired) electrons. The van der Waals surface area contributed by atoms with Crippen molar-refractivity contribution in [1.82, 2.24) is 14.9 Å². The number of carbonyl (C=O) groups is 2. The second-order valence-electron chi connectivity index (χ2n) is 3.21. The van der Waals surface area contributed by atoms with Gasteiger partial charge in [-0.1, -0.05) is 0 Å². The molecule has 8 heteroatoms. The summed E-state index contributed by atoms with van der Waals surface area (Å²) in [6, 6.07) is -0.676. The number of nitrogens with two attached hydrogens (primary N) is 1. The van der Waals surface area contributed by atoms with Crippen molar-refractivity contribution in [2.24, 2.45) is 5.73 Å². The molecule has 0 atom stereocenters. The number of amides is 2. The normalized spacial score (nSPS) is 14.1. The largest absolute Gasteiger partial charge is 0.501 e. The summed E-state index contributed by atoms with van der Waals surface area (Å²) in [5, 5.41) is 11.8. The Morgan fingerprint density at radius 3 is 2.81 bits per heavy atom. The zero-order chi connectivity index (χ0) is 11.9. The van der Waals surface area contributed by atoms with E-state index in [1.54, 1.807) is 0 Å². The first-order valence-electron chi connectivity index (χ1n) is 4.45. The van der Waals surface area contributed by atoms with Crippen LogP contribution < -0.4 is 16.6 Å². The minimum Gasteiger partial charge on any atom is -0.501 e. The molecule has 0 spiro atoms. The Hall–Kier alpha value is -2.38. The lowest BCUT2D eigenvalue weighted by molar-refractivity contribution is 0.0991. The Bertz CT molecular complexity index is 548. The molecule has 84 valence electrons. The van der Waals surface area contributed by atoms with Crippen LogP contribution in [0.5, 0.6) is 5.75 Å². The van der Waals surface area contributed by atoms with Crippen molar-refractivity contribution in [3.63, 3.8) is 0 Å². The fraction of sp³-hybridized carbons (Fsp3) is 0.250. The van der Waals surface area contributed by atoms with E-state index in [1.807, 2.05) is 0 Å². The maximum absolute atomic E-state index is 11.6. The molecule has 0 saturated heterocycles. The van der Waals surface area contributed by atoms with Crippen molar-refractivity contribution in [2.45, 2.75) is 6.42 Å². The monoisotopic (exact) mass is 224 g/mol. The van der Waals surface area contributed by atoms with E-state index >= 15 is 0 Å². The Balaban J connectivity index is 2.77. The van der Waals surface area contributed by atoms with E-state index in [2.05, 4.69) is 10.3 Å². The number of carbonyl (C=O) groups excluding carboxylic acids is 2. The summed E-state index contributed by atoms with van der Waals surface area (Å²) >= 11 is 0. The standard InChI is InChI=1S/C8H8N4O4/c9-6(14)4-5(13)7(15)12-3(11-4)1-2-10-8(12)16/h13H,1-2H2,(H2,9,14)(H,10,16). The molecule has 1 aromatic heterocycles. The quantitative estimate of drug-likeness (QED) is 0.516. The van der Waals surface area contributed by atoms with Gasteiger partial charge in [-0.25, -0.2) is 14.3 Å². The average molecular weight is 224 g/mol. The van der Waals surface area contributed by atoms with Crippen molar-refractivity contribution in [3.05, 3.63) is 21.9 Å². The molecular formula is C8H8N4O4. The summed E-state index contributed by atoms with van der Waals surface area (Å²) < 4.78 is 0.686. The van der Waals surface area contributed by atoms with Gasteiger partial charge in [0.2, 0.25) is 5.75 Å². The van der Waals surface area contributed by atoms with Gasteiger partial charge < -0.3 is 16.2 Å². The molecule has 2 amide bonds. The van der Waals surface area contributed by atoms with Crippen molar-refractivity contribution in [2.75, 3.05) is 6.54 Å². The lowest BCUT2D eigenvalue weighted by Gasteiger charge is -2.17. The Labute approximate surface area is 88.7 Å². The van der Waals surface area contributed by atoms with Gasteiger partial charge in [0.05, 0.1) is 0 Å². The Morgan fingerprint density at radius 1 is 1.50 bits per heavy atom. The predicted octanol–water partition coefficient (Wildman–Crippen LogP) is -1.84. The first-order chi connectivity index (χ1) is 7.52. The maximum atomic E-state index is 11.6. The Morgan fingerprint density at radius 2 is 2.19 bits per heavy atom. The van der Waals surface area contributed by atoms with E-state index in [1.165, 1.54) is 0 Å². The third-order valence-electron chi connectivity index (χ3n) is 2.19. The van der Waals surface area contributed by atoms with Crippen molar-refractivity contribution in [1.29, 1.82) is 0 Å². The zero-order valence-electron chi connectivity index (χ0n) is 8.06. The highest BCUT2D eigenvalue weighted by Crippen LogP contribution is 2.10. The van der Waals surface area contributed by atoms with E-state index < -0.39 is 28.9 Å². The smallest absolute Gasteiger partial charge is 0.330 e. The predicted molar refractivity (Wildman–Crippen MR) is 51.2 cm³/mol. The van der Waals surface area contributed by atoms with Crippen LogP contribution in [-0.2, 0) is 6.42 Å². The number of nitrogens with one attached hydrogen (secondary N) is 1. The minimum absolute atomic E-state index is 0.111. The molecule has 0 unspecified atom stereocenters. The first-order valence-corrected chi connectivity index (χ1v) is 4.45.